The van der Waals surface area contributed by atoms with Crippen molar-refractivity contribution in [3.05, 3.63) is 11.3 Å². The van der Waals surface area contributed by atoms with Crippen molar-refractivity contribution in [2.75, 3.05) is 6.61 Å². The molecule has 0 aromatic rings. The number of aliphatic hydroxyl groups excluding tert-OH is 2. The third kappa shape index (κ3) is 4.43. The molecule has 1 saturated heterocycles. The third-order valence-corrected chi connectivity index (χ3v) is 14.6. The van der Waals surface area contributed by atoms with Gasteiger partial charge in [0.25, 0.3) is 0 Å². The van der Waals surface area contributed by atoms with Crippen LogP contribution in [0.5, 0.6) is 0 Å². The number of rotatable bonds is 6. The molecule has 8 nitrogen and oxygen atoms in total. The van der Waals surface area contributed by atoms with Crippen molar-refractivity contribution >= 4 is 5.97 Å². The second-order valence-electron chi connectivity index (χ2n) is 16.9. The highest BCUT2D eigenvalue weighted by molar-refractivity contribution is 5.66. The van der Waals surface area contributed by atoms with Gasteiger partial charge in [-0.25, -0.2) is 0 Å². The Morgan fingerprint density at radius 1 is 1.05 bits per heavy atom. The Morgan fingerprint density at radius 3 is 2.50 bits per heavy atom. The smallest absolute Gasteiger partial charge is 0.303 e. The second kappa shape index (κ2) is 10.4. The average Bonchev–Trinajstić information content (AvgIpc) is 3.54. The molecule has 3 N–H and O–H groups in total. The van der Waals surface area contributed by atoms with E-state index in [1.165, 1.54) is 51.0 Å². The van der Waals surface area contributed by atoms with Gasteiger partial charge < -0.3 is 34.3 Å². The van der Waals surface area contributed by atoms with E-state index in [-0.39, 0.29) is 35.6 Å². The van der Waals surface area contributed by atoms with E-state index in [9.17, 15) is 20.1 Å². The zero-order chi connectivity index (χ0) is 31.4. The topological polar surface area (TPSA) is 115 Å². The Labute approximate surface area is 263 Å². The van der Waals surface area contributed by atoms with Gasteiger partial charge in [-0.3, -0.25) is 4.79 Å². The maximum Gasteiger partial charge on any atom is 0.303 e. The first-order chi connectivity index (χ1) is 20.7. The summed E-state index contributed by atoms with van der Waals surface area (Å²) in [5, 5.41) is 31.1. The predicted octanol–water partition coefficient (Wildman–Crippen LogP) is 5.41. The molecule has 13 atom stereocenters. The molecule has 2 aliphatic heterocycles. The van der Waals surface area contributed by atoms with Crippen LogP contribution in [0.2, 0.25) is 0 Å². The molecule has 248 valence electrons. The molecule has 4 saturated carbocycles. The van der Waals surface area contributed by atoms with Gasteiger partial charge in [-0.15, -0.1) is 0 Å². The van der Waals surface area contributed by atoms with Crippen molar-refractivity contribution in [1.29, 1.82) is 0 Å². The van der Waals surface area contributed by atoms with Gasteiger partial charge in [0, 0.05) is 19.8 Å². The number of ether oxygens (including phenoxy) is 4. The molecule has 0 aromatic heterocycles. The summed E-state index contributed by atoms with van der Waals surface area (Å²) in [6.07, 6.45) is 9.69. The molecule has 7 aliphatic rings. The van der Waals surface area contributed by atoms with E-state index in [1.54, 1.807) is 13.8 Å². The molecule has 0 radical (unpaired) electrons. The van der Waals surface area contributed by atoms with E-state index in [4.69, 9.17) is 18.9 Å². The van der Waals surface area contributed by atoms with Crippen molar-refractivity contribution < 1.29 is 39.1 Å². The molecule has 5 fully saturated rings. The number of carbonyl (C=O) groups is 1. The van der Waals surface area contributed by atoms with Crippen molar-refractivity contribution in [1.82, 2.24) is 0 Å². The van der Waals surface area contributed by atoms with Crippen LogP contribution in [0.25, 0.3) is 0 Å². The molecule has 8 heteroatoms. The Balaban J connectivity index is 1.09. The van der Waals surface area contributed by atoms with E-state index in [1.807, 2.05) is 0 Å². The Bertz CT molecular complexity index is 1190. The first kappa shape index (κ1) is 31.4. The van der Waals surface area contributed by atoms with Crippen LogP contribution >= 0.6 is 0 Å². The normalized spacial score (nSPS) is 50.3. The van der Waals surface area contributed by atoms with E-state index in [2.05, 4.69) is 20.8 Å². The van der Waals surface area contributed by atoms with Gasteiger partial charge in [0.1, 0.15) is 12.2 Å². The minimum absolute atomic E-state index is 0.0597. The maximum absolute atomic E-state index is 11.9. The lowest BCUT2D eigenvalue weighted by Crippen LogP contribution is -2.56. The van der Waals surface area contributed by atoms with E-state index < -0.39 is 30.2 Å². The third-order valence-electron chi connectivity index (χ3n) is 14.6. The summed E-state index contributed by atoms with van der Waals surface area (Å²) in [7, 11) is 0. The molecule has 0 bridgehead atoms. The quantitative estimate of drug-likeness (QED) is 0.268. The summed E-state index contributed by atoms with van der Waals surface area (Å²) < 4.78 is 24.9. The van der Waals surface area contributed by atoms with E-state index in [0.29, 0.717) is 35.0 Å². The minimum Gasteiger partial charge on any atom is -0.491 e. The molecule has 7 rings (SSSR count). The minimum atomic E-state index is -1.18. The molecular weight excluding hydrogens is 560 g/mol. The highest BCUT2D eigenvalue weighted by atomic mass is 16.7. The molecule has 2 spiro atoms. The van der Waals surface area contributed by atoms with Crippen LogP contribution in [-0.2, 0) is 23.7 Å². The van der Waals surface area contributed by atoms with Gasteiger partial charge in [0.05, 0.1) is 30.2 Å². The van der Waals surface area contributed by atoms with Crippen molar-refractivity contribution in [3.8, 4) is 0 Å². The van der Waals surface area contributed by atoms with Gasteiger partial charge in [0.2, 0.25) is 0 Å². The highest BCUT2D eigenvalue weighted by Gasteiger charge is 2.80. The molecular formula is C36H56O8. The number of fused-ring (bicyclic) bond motifs is 3. The van der Waals surface area contributed by atoms with Crippen LogP contribution in [0.1, 0.15) is 119 Å². The molecule has 12 unspecified atom stereocenters. The van der Waals surface area contributed by atoms with Gasteiger partial charge >= 0.3 is 5.97 Å². The van der Waals surface area contributed by atoms with Crippen molar-refractivity contribution in [3.63, 3.8) is 0 Å². The lowest BCUT2D eigenvalue weighted by atomic mass is 9.45. The van der Waals surface area contributed by atoms with E-state index in [0.717, 1.165) is 37.9 Å². The fourth-order valence-electron chi connectivity index (χ4n) is 12.3. The summed E-state index contributed by atoms with van der Waals surface area (Å²) in [5.41, 5.74) is 1.34. The van der Waals surface area contributed by atoms with Gasteiger partial charge in [-0.05, 0) is 123 Å². The zero-order valence-corrected chi connectivity index (χ0v) is 27.8. The highest BCUT2D eigenvalue weighted by Crippen LogP contribution is 2.87. The number of esters is 1. The van der Waals surface area contributed by atoms with E-state index >= 15 is 0 Å². The van der Waals surface area contributed by atoms with Crippen LogP contribution < -0.4 is 0 Å². The van der Waals surface area contributed by atoms with Crippen molar-refractivity contribution in [2.45, 2.75) is 161 Å². The predicted molar refractivity (Wildman–Crippen MR) is 163 cm³/mol. The molecule has 44 heavy (non-hydrogen) atoms. The Kier molecular flexibility index (Phi) is 7.43. The number of carbonyl (C=O) groups excluding carboxylic acids is 1. The van der Waals surface area contributed by atoms with Gasteiger partial charge in [-0.2, -0.15) is 0 Å². The lowest BCUT2D eigenvalue weighted by Gasteiger charge is -2.60. The summed E-state index contributed by atoms with van der Waals surface area (Å²) in [4.78, 5) is 11.9. The van der Waals surface area contributed by atoms with Crippen LogP contribution in [0, 0.1) is 39.4 Å². The Morgan fingerprint density at radius 2 is 1.82 bits per heavy atom. The van der Waals surface area contributed by atoms with Crippen LogP contribution in [0.3, 0.4) is 0 Å². The fourth-order valence-corrected chi connectivity index (χ4v) is 12.3. The van der Waals surface area contributed by atoms with Crippen LogP contribution in [-0.4, -0.2) is 70.3 Å². The number of allylic oxidation sites excluding steroid dienone is 2. The largest absolute Gasteiger partial charge is 0.491 e. The number of hydrogen-bond acceptors (Lipinski definition) is 8. The standard InChI is InChI=1S/C36H56O8/c1-7-33(5)28-11-9-21-23-16-27-22(8-10-26(43-27)31(32(3,4)40)42-20(2)37)34(23,6)14-15-35(21)19-36(28,35)13-12-29(33)44-30-17-24(38)25(39)18-41-30/h21,23-26,28-31,38-40H,7-19H2,1-6H3/t21?,23?,24?,25?,26?,28?,29?,30?,31?,33?,34?,35?,36-/m1/s1. The summed E-state index contributed by atoms with van der Waals surface area (Å²) in [6, 6.07) is 0. The summed E-state index contributed by atoms with van der Waals surface area (Å²) in [6.45, 7) is 12.2. The summed E-state index contributed by atoms with van der Waals surface area (Å²) in [5.74, 6) is 2.64. The van der Waals surface area contributed by atoms with Gasteiger partial charge in [0.15, 0.2) is 12.4 Å². The summed E-state index contributed by atoms with van der Waals surface area (Å²) >= 11 is 0. The maximum atomic E-state index is 11.9. The van der Waals surface area contributed by atoms with Crippen LogP contribution in [0.15, 0.2) is 11.3 Å². The first-order valence-corrected chi connectivity index (χ1v) is 17.6. The molecule has 5 aliphatic carbocycles. The van der Waals surface area contributed by atoms with Crippen LogP contribution in [0.4, 0.5) is 0 Å². The van der Waals surface area contributed by atoms with Crippen molar-refractivity contribution in [2.24, 2.45) is 39.4 Å². The number of hydrogen-bond donors (Lipinski definition) is 3. The van der Waals surface area contributed by atoms with Gasteiger partial charge in [-0.1, -0.05) is 20.8 Å². The molecule has 2 heterocycles. The number of aliphatic hydroxyl groups is 3. The lowest BCUT2D eigenvalue weighted by molar-refractivity contribution is -0.266. The average molecular weight is 617 g/mol. The SMILES string of the molecule is CCC1(C)C(OC2CC(O)C(O)CO2)CC[C@]23CC24CCC2(C)C5=C(CC2C4CCC13)OC(C(OC(C)=O)C(C)(C)O)CC5. The second-order valence-corrected chi connectivity index (χ2v) is 16.9. The zero-order valence-electron chi connectivity index (χ0n) is 27.8. The Hall–Kier alpha value is -1.19. The monoisotopic (exact) mass is 616 g/mol. The first-order valence-electron chi connectivity index (χ1n) is 17.6. The fraction of sp³-hybridized carbons (Fsp3) is 0.917. The molecule has 0 aromatic carbocycles. The molecule has 0 amide bonds.